The number of hydrogen-bond donors (Lipinski definition) is 0. The molecule has 0 fully saturated rings. The number of likely N-dealkylation sites (N-methyl/N-ethyl adjacent to an activating group) is 1. The van der Waals surface area contributed by atoms with Crippen LogP contribution in [0.4, 0.5) is 4.79 Å². The topological polar surface area (TPSA) is 34.5 Å². The van der Waals surface area contributed by atoms with Crippen LogP contribution in [0.2, 0.25) is 0 Å². The summed E-state index contributed by atoms with van der Waals surface area (Å²) in [5.74, 6) is 1.75. The van der Waals surface area contributed by atoms with Crippen molar-refractivity contribution in [1.29, 1.82) is 0 Å². The van der Waals surface area contributed by atoms with E-state index in [2.05, 4.69) is 65.8 Å². The van der Waals surface area contributed by atoms with Crippen molar-refractivity contribution in [3.05, 3.63) is 47.7 Å². The minimum absolute atomic E-state index is 0.252. The predicted molar refractivity (Wildman–Crippen MR) is 127 cm³/mol. The van der Waals surface area contributed by atoms with E-state index in [1.54, 1.807) is 4.57 Å². The van der Waals surface area contributed by atoms with Crippen LogP contribution < -0.4 is 0 Å². The Morgan fingerprint density at radius 2 is 1.80 bits per heavy atom. The third-order valence-corrected chi connectivity index (χ3v) is 6.00. The first-order chi connectivity index (χ1) is 14.1. The van der Waals surface area contributed by atoms with Gasteiger partial charge >= 0.3 is 6.09 Å². The Morgan fingerprint density at radius 1 is 1.13 bits per heavy atom. The van der Waals surface area contributed by atoms with Crippen molar-refractivity contribution < 1.29 is 9.53 Å². The summed E-state index contributed by atoms with van der Waals surface area (Å²) in [4.78, 5) is 15.1. The van der Waals surface area contributed by atoms with E-state index in [1.807, 2.05) is 31.3 Å². The minimum Gasteiger partial charge on any atom is -0.441 e. The van der Waals surface area contributed by atoms with Gasteiger partial charge in [0, 0.05) is 18.1 Å². The van der Waals surface area contributed by atoms with Gasteiger partial charge in [0.1, 0.15) is 6.10 Å². The van der Waals surface area contributed by atoms with Crippen molar-refractivity contribution in [1.82, 2.24) is 9.47 Å². The van der Waals surface area contributed by atoms with Crippen molar-refractivity contribution in [2.45, 2.75) is 60.5 Å². The number of allylic oxidation sites excluding steroid dienone is 1. The SMILES string of the molecule is C/C(=C\[C@H](C)[C@H](C)CC(C)C)C(C)OC(=O)n1cc(CCN(C)C)c2ccccc21. The molecule has 4 heteroatoms. The number of carbonyl (C=O) groups is 1. The zero-order valence-corrected chi connectivity index (χ0v) is 20.1. The van der Waals surface area contributed by atoms with Crippen LogP contribution in [0.3, 0.4) is 0 Å². The Labute approximate surface area is 182 Å². The molecule has 0 saturated carbocycles. The number of aromatic nitrogens is 1. The van der Waals surface area contributed by atoms with E-state index in [9.17, 15) is 4.79 Å². The van der Waals surface area contributed by atoms with Crippen LogP contribution in [-0.4, -0.2) is 42.3 Å². The molecular formula is C26H40N2O2. The zero-order valence-electron chi connectivity index (χ0n) is 20.1. The largest absolute Gasteiger partial charge is 0.441 e. The van der Waals surface area contributed by atoms with Gasteiger partial charge in [-0.25, -0.2) is 4.79 Å². The normalized spacial score (nSPS) is 15.6. The van der Waals surface area contributed by atoms with E-state index in [0.29, 0.717) is 17.8 Å². The third kappa shape index (κ3) is 6.46. The van der Waals surface area contributed by atoms with Crippen LogP contribution in [0, 0.1) is 17.8 Å². The standard InChI is InChI=1S/C26H40N2O2/c1-18(2)15-19(3)20(4)16-21(5)22(6)30-26(29)28-17-23(13-14-27(7)8)24-11-9-10-12-25(24)28/h9-12,16-20,22H,13-15H2,1-8H3/b21-16+/t19-,20+,22?/m1/s1. The molecule has 2 rings (SSSR count). The smallest absolute Gasteiger partial charge is 0.419 e. The molecular weight excluding hydrogens is 372 g/mol. The summed E-state index contributed by atoms with van der Waals surface area (Å²) in [5, 5.41) is 1.12. The third-order valence-electron chi connectivity index (χ3n) is 6.00. The molecule has 1 unspecified atom stereocenters. The van der Waals surface area contributed by atoms with E-state index >= 15 is 0 Å². The molecule has 30 heavy (non-hydrogen) atoms. The maximum absolute atomic E-state index is 13.0. The van der Waals surface area contributed by atoms with E-state index in [-0.39, 0.29) is 12.2 Å². The highest BCUT2D eigenvalue weighted by Crippen LogP contribution is 2.25. The lowest BCUT2D eigenvalue weighted by Crippen LogP contribution is -2.21. The highest BCUT2D eigenvalue weighted by Gasteiger charge is 2.19. The summed E-state index contributed by atoms with van der Waals surface area (Å²) in [6.07, 6.45) is 5.73. The number of rotatable bonds is 9. The molecule has 0 aliphatic heterocycles. The number of nitrogens with zero attached hydrogens (tertiary/aromatic N) is 2. The lowest BCUT2D eigenvalue weighted by Gasteiger charge is -2.21. The van der Waals surface area contributed by atoms with Gasteiger partial charge in [-0.15, -0.1) is 0 Å². The fraction of sp³-hybridized carbons (Fsp3) is 0.577. The van der Waals surface area contributed by atoms with Crippen molar-refractivity contribution in [2.24, 2.45) is 17.8 Å². The van der Waals surface area contributed by atoms with Crippen LogP contribution in [0.5, 0.6) is 0 Å². The van der Waals surface area contributed by atoms with Gasteiger partial charge in [-0.3, -0.25) is 4.57 Å². The zero-order chi connectivity index (χ0) is 22.4. The van der Waals surface area contributed by atoms with Gasteiger partial charge in [-0.2, -0.15) is 0 Å². The van der Waals surface area contributed by atoms with Gasteiger partial charge in [0.25, 0.3) is 0 Å². The van der Waals surface area contributed by atoms with Crippen molar-refractivity contribution in [2.75, 3.05) is 20.6 Å². The molecule has 0 aliphatic carbocycles. The molecule has 4 nitrogen and oxygen atoms in total. The first-order valence-corrected chi connectivity index (χ1v) is 11.2. The summed E-state index contributed by atoms with van der Waals surface area (Å²) in [6.45, 7) is 14.0. The molecule has 1 aromatic carbocycles. The van der Waals surface area contributed by atoms with Crippen molar-refractivity contribution in [3.63, 3.8) is 0 Å². The fourth-order valence-corrected chi connectivity index (χ4v) is 3.92. The predicted octanol–water partition coefficient (Wildman–Crippen LogP) is 6.38. The minimum atomic E-state index is -0.314. The molecule has 0 aliphatic rings. The highest BCUT2D eigenvalue weighted by atomic mass is 16.6. The van der Waals surface area contributed by atoms with E-state index in [1.165, 1.54) is 12.0 Å². The van der Waals surface area contributed by atoms with Crippen LogP contribution in [0.1, 0.15) is 53.5 Å². The summed E-state index contributed by atoms with van der Waals surface area (Å²) >= 11 is 0. The molecule has 0 spiro atoms. The maximum Gasteiger partial charge on any atom is 0.419 e. The van der Waals surface area contributed by atoms with Gasteiger partial charge < -0.3 is 9.64 Å². The first-order valence-electron chi connectivity index (χ1n) is 11.2. The molecule has 0 amide bonds. The monoisotopic (exact) mass is 412 g/mol. The second kappa shape index (κ2) is 10.8. The van der Waals surface area contributed by atoms with E-state index < -0.39 is 0 Å². The van der Waals surface area contributed by atoms with Gasteiger partial charge in [-0.1, -0.05) is 52.0 Å². The van der Waals surface area contributed by atoms with Crippen molar-refractivity contribution >= 4 is 17.0 Å². The molecule has 2 aromatic rings. The Bertz CT molecular complexity index is 863. The quantitative estimate of drug-likeness (QED) is 0.448. The highest BCUT2D eigenvalue weighted by molar-refractivity contribution is 5.92. The summed E-state index contributed by atoms with van der Waals surface area (Å²) < 4.78 is 7.51. The average molecular weight is 413 g/mol. The van der Waals surface area contributed by atoms with Crippen molar-refractivity contribution in [3.8, 4) is 0 Å². The molecule has 3 atom stereocenters. The summed E-state index contributed by atoms with van der Waals surface area (Å²) in [6, 6.07) is 8.05. The number of ether oxygens (including phenoxy) is 1. The molecule has 1 aromatic heterocycles. The van der Waals surface area contributed by atoms with Gasteiger partial charge in [0.15, 0.2) is 0 Å². The van der Waals surface area contributed by atoms with E-state index in [4.69, 9.17) is 4.74 Å². The Kier molecular flexibility index (Phi) is 8.72. The molecule has 0 saturated heterocycles. The first kappa shape index (κ1) is 24.2. The Morgan fingerprint density at radius 3 is 2.43 bits per heavy atom. The van der Waals surface area contributed by atoms with Gasteiger partial charge in [-0.05, 0) is 75.7 Å². The molecule has 1 heterocycles. The molecule has 0 radical (unpaired) electrons. The molecule has 166 valence electrons. The average Bonchev–Trinajstić information content (AvgIpc) is 3.04. The number of carbonyl (C=O) groups excluding carboxylic acids is 1. The summed E-state index contributed by atoms with van der Waals surface area (Å²) in [5.41, 5.74) is 3.19. The lowest BCUT2D eigenvalue weighted by atomic mass is 9.86. The number of fused-ring (bicyclic) bond motifs is 1. The second-order valence-electron chi connectivity index (χ2n) is 9.50. The Balaban J connectivity index is 2.15. The van der Waals surface area contributed by atoms with Gasteiger partial charge in [0.2, 0.25) is 0 Å². The van der Waals surface area contributed by atoms with Crippen LogP contribution in [0.15, 0.2) is 42.1 Å². The number of benzene rings is 1. The second-order valence-corrected chi connectivity index (χ2v) is 9.50. The Hall–Kier alpha value is -2.07. The number of hydrogen-bond acceptors (Lipinski definition) is 3. The molecule has 0 N–H and O–H groups in total. The summed E-state index contributed by atoms with van der Waals surface area (Å²) in [7, 11) is 4.13. The fourth-order valence-electron chi connectivity index (χ4n) is 3.92. The lowest BCUT2D eigenvalue weighted by molar-refractivity contribution is 0.124. The van der Waals surface area contributed by atoms with E-state index in [0.717, 1.165) is 29.4 Å². The molecule has 0 bridgehead atoms. The maximum atomic E-state index is 13.0. The van der Waals surface area contributed by atoms with Crippen LogP contribution >= 0.6 is 0 Å². The van der Waals surface area contributed by atoms with Crippen LogP contribution in [0.25, 0.3) is 10.9 Å². The number of para-hydroxylation sites is 1. The van der Waals surface area contributed by atoms with Gasteiger partial charge in [0.05, 0.1) is 5.52 Å². The van der Waals surface area contributed by atoms with Crippen LogP contribution in [-0.2, 0) is 11.2 Å².